The minimum absolute atomic E-state index is 0.0193. The minimum Gasteiger partial charge on any atom is -0.441 e. The highest BCUT2D eigenvalue weighted by Gasteiger charge is 2.26. The number of para-hydroxylation sites is 1. The molecule has 0 amide bonds. The van der Waals surface area contributed by atoms with Crippen molar-refractivity contribution >= 4 is 24.4 Å². The molecule has 2 atom stereocenters. The van der Waals surface area contributed by atoms with Crippen LogP contribution in [0.2, 0.25) is 0 Å². The molecule has 1 unspecified atom stereocenters. The third-order valence-electron chi connectivity index (χ3n) is 5.07. The van der Waals surface area contributed by atoms with Crippen molar-refractivity contribution in [2.24, 2.45) is 0 Å². The second-order valence-corrected chi connectivity index (χ2v) is 10.4. The van der Waals surface area contributed by atoms with E-state index in [-0.39, 0.29) is 12.5 Å². The van der Waals surface area contributed by atoms with Crippen molar-refractivity contribution in [3.05, 3.63) is 60.9 Å². The van der Waals surface area contributed by atoms with Gasteiger partial charge in [-0.05, 0) is 25.5 Å². The molecule has 1 aromatic carbocycles. The Kier molecular flexibility index (Phi) is 7.89. The summed E-state index contributed by atoms with van der Waals surface area (Å²) >= 11 is 0. The van der Waals surface area contributed by atoms with E-state index in [1.807, 2.05) is 29.7 Å². The molecular weight excluding hydrogens is 457 g/mol. The number of nitrogens with two attached hydrogens (primary N) is 1. The lowest BCUT2D eigenvalue weighted by Gasteiger charge is -2.22. The molecule has 11 nitrogen and oxygen atoms in total. The van der Waals surface area contributed by atoms with Crippen molar-refractivity contribution in [1.82, 2.24) is 29.7 Å². The van der Waals surface area contributed by atoms with E-state index in [4.69, 9.17) is 19.7 Å². The molecule has 3 N–H and O–H groups in total. The van der Waals surface area contributed by atoms with Crippen LogP contribution in [0.5, 0.6) is 5.75 Å². The number of nitrogens with one attached hydrogen (secondary N) is 1. The maximum absolute atomic E-state index is 13.7. The van der Waals surface area contributed by atoms with Gasteiger partial charge in [0, 0.05) is 24.5 Å². The SMILES string of the molecule is C[C@H](Cn1cnc2c(N)ncnc21)OCP(=O)(CCCOCc1cn[nH]c1)Oc1ccccc1. The lowest BCUT2D eigenvalue weighted by atomic mass is 10.3. The van der Waals surface area contributed by atoms with Crippen molar-refractivity contribution in [2.45, 2.75) is 32.6 Å². The van der Waals surface area contributed by atoms with Crippen molar-refractivity contribution in [2.75, 3.05) is 24.9 Å². The monoisotopic (exact) mass is 485 g/mol. The van der Waals surface area contributed by atoms with Gasteiger partial charge in [0.1, 0.15) is 23.9 Å². The zero-order valence-corrected chi connectivity index (χ0v) is 19.8. The molecule has 180 valence electrons. The molecule has 0 aliphatic rings. The van der Waals surface area contributed by atoms with Crippen LogP contribution in [0.1, 0.15) is 18.9 Å². The van der Waals surface area contributed by atoms with Crippen LogP contribution in [0.15, 0.2) is 55.4 Å². The third-order valence-corrected chi connectivity index (χ3v) is 7.15. The van der Waals surface area contributed by atoms with E-state index in [0.717, 1.165) is 5.56 Å². The molecule has 0 aliphatic carbocycles. The Morgan fingerprint density at radius 2 is 2.06 bits per heavy atom. The standard InChI is InChI=1S/C22H28N7O4P/c1-17(12-29-15-26-20-21(23)24-14-25-22(20)29)32-16-34(30,33-19-6-3-2-4-7-19)9-5-8-31-13-18-10-27-28-11-18/h2-4,6-7,10-11,14-15,17H,5,8-9,12-13,16H2,1H3,(H,27,28)(H2,23,24,25)/t17-,34?/m1/s1. The van der Waals surface area contributed by atoms with Gasteiger partial charge >= 0.3 is 0 Å². The van der Waals surface area contributed by atoms with Crippen LogP contribution in [0, 0.1) is 0 Å². The number of H-pyrrole nitrogens is 1. The second-order valence-electron chi connectivity index (χ2n) is 7.89. The average molecular weight is 485 g/mol. The summed E-state index contributed by atoms with van der Waals surface area (Å²) in [6, 6.07) is 9.13. The number of nitrogen functional groups attached to an aromatic ring is 1. The highest BCUT2D eigenvalue weighted by atomic mass is 31.2. The van der Waals surface area contributed by atoms with Gasteiger partial charge in [0.05, 0.1) is 31.8 Å². The van der Waals surface area contributed by atoms with E-state index in [0.29, 0.717) is 55.1 Å². The Bertz CT molecular complexity index is 1220. The summed E-state index contributed by atoms with van der Waals surface area (Å²) in [6.07, 6.45) is 7.16. The van der Waals surface area contributed by atoms with Crippen LogP contribution in [-0.2, 0) is 27.2 Å². The summed E-state index contributed by atoms with van der Waals surface area (Å²) in [7, 11) is -3.13. The van der Waals surface area contributed by atoms with Crippen LogP contribution in [0.4, 0.5) is 5.82 Å². The molecule has 4 aromatic rings. The summed E-state index contributed by atoms with van der Waals surface area (Å²) in [5.41, 5.74) is 7.99. The van der Waals surface area contributed by atoms with Gasteiger partial charge in [-0.3, -0.25) is 9.66 Å². The third kappa shape index (κ3) is 6.40. The molecule has 34 heavy (non-hydrogen) atoms. The van der Waals surface area contributed by atoms with E-state index in [1.165, 1.54) is 6.33 Å². The summed E-state index contributed by atoms with van der Waals surface area (Å²) in [4.78, 5) is 12.5. The van der Waals surface area contributed by atoms with Crippen molar-refractivity contribution in [1.29, 1.82) is 0 Å². The van der Waals surface area contributed by atoms with Crippen molar-refractivity contribution < 1.29 is 18.6 Å². The van der Waals surface area contributed by atoms with Gasteiger partial charge < -0.3 is 24.3 Å². The number of benzene rings is 1. The largest absolute Gasteiger partial charge is 0.441 e. The van der Waals surface area contributed by atoms with Crippen LogP contribution >= 0.6 is 7.37 Å². The predicted octanol–water partition coefficient (Wildman–Crippen LogP) is 3.46. The number of hydrogen-bond donors (Lipinski definition) is 2. The lowest BCUT2D eigenvalue weighted by molar-refractivity contribution is 0.0825. The normalized spacial score (nSPS) is 14.1. The molecule has 0 aliphatic heterocycles. The van der Waals surface area contributed by atoms with Gasteiger partial charge in [-0.25, -0.2) is 15.0 Å². The molecule has 12 heteroatoms. The summed E-state index contributed by atoms with van der Waals surface area (Å²) in [5.74, 6) is 0.877. The molecule has 4 rings (SSSR count). The number of anilines is 1. The number of fused-ring (bicyclic) bond motifs is 1. The molecule has 3 aromatic heterocycles. The van der Waals surface area contributed by atoms with Crippen LogP contribution < -0.4 is 10.3 Å². The van der Waals surface area contributed by atoms with Crippen LogP contribution in [-0.4, -0.2) is 54.9 Å². The Morgan fingerprint density at radius 3 is 2.85 bits per heavy atom. The number of aromatic nitrogens is 6. The van der Waals surface area contributed by atoms with Gasteiger partial charge in [-0.15, -0.1) is 0 Å². The Labute approximate surface area is 197 Å². The number of nitrogens with zero attached hydrogens (tertiary/aromatic N) is 5. The van der Waals surface area contributed by atoms with E-state index in [2.05, 4.69) is 25.1 Å². The fourth-order valence-electron chi connectivity index (χ4n) is 3.37. The number of aromatic amines is 1. The first kappa shape index (κ1) is 23.9. The van der Waals surface area contributed by atoms with E-state index in [1.54, 1.807) is 30.9 Å². The summed E-state index contributed by atoms with van der Waals surface area (Å²) in [5, 5.41) is 6.64. The van der Waals surface area contributed by atoms with E-state index in [9.17, 15) is 4.57 Å². The van der Waals surface area contributed by atoms with Crippen molar-refractivity contribution in [3.63, 3.8) is 0 Å². The molecule has 0 saturated carbocycles. The second kappa shape index (κ2) is 11.2. The number of hydrogen-bond acceptors (Lipinski definition) is 9. The maximum atomic E-state index is 13.7. The maximum Gasteiger partial charge on any atom is 0.272 e. The quantitative estimate of drug-likeness (QED) is 0.215. The summed E-state index contributed by atoms with van der Waals surface area (Å²) in [6.45, 7) is 3.26. The van der Waals surface area contributed by atoms with Gasteiger partial charge in [-0.1, -0.05) is 18.2 Å². The van der Waals surface area contributed by atoms with Gasteiger partial charge in [0.25, 0.3) is 7.37 Å². The lowest BCUT2D eigenvalue weighted by Crippen LogP contribution is -2.19. The Morgan fingerprint density at radius 1 is 1.21 bits per heavy atom. The molecule has 0 saturated heterocycles. The van der Waals surface area contributed by atoms with Gasteiger partial charge in [-0.2, -0.15) is 5.10 Å². The number of ether oxygens (including phenoxy) is 2. The molecule has 0 radical (unpaired) electrons. The minimum atomic E-state index is -3.13. The highest BCUT2D eigenvalue weighted by Crippen LogP contribution is 2.48. The zero-order chi connectivity index (χ0) is 23.8. The average Bonchev–Trinajstić information content (AvgIpc) is 3.49. The smallest absolute Gasteiger partial charge is 0.272 e. The Hall–Kier alpha value is -3.27. The molecule has 0 fully saturated rings. The van der Waals surface area contributed by atoms with Crippen LogP contribution in [0.25, 0.3) is 11.2 Å². The molecule has 0 spiro atoms. The van der Waals surface area contributed by atoms with E-state index >= 15 is 0 Å². The molecule has 3 heterocycles. The molecular formula is C22H28N7O4P. The highest BCUT2D eigenvalue weighted by molar-refractivity contribution is 7.59. The number of imidazole rings is 1. The van der Waals surface area contributed by atoms with Gasteiger partial charge in [0.2, 0.25) is 0 Å². The Balaban J connectivity index is 1.33. The topological polar surface area (TPSA) is 143 Å². The fraction of sp³-hybridized carbons (Fsp3) is 0.364. The van der Waals surface area contributed by atoms with Crippen molar-refractivity contribution in [3.8, 4) is 5.75 Å². The zero-order valence-electron chi connectivity index (χ0n) is 18.9. The fourth-order valence-corrected chi connectivity index (χ4v) is 5.24. The first-order valence-corrected chi connectivity index (χ1v) is 12.9. The van der Waals surface area contributed by atoms with E-state index < -0.39 is 7.37 Å². The first-order chi connectivity index (χ1) is 16.5. The predicted molar refractivity (Wildman–Crippen MR) is 128 cm³/mol. The summed E-state index contributed by atoms with van der Waals surface area (Å²) < 4.78 is 33.1. The first-order valence-electron chi connectivity index (χ1n) is 10.9. The molecule has 0 bridgehead atoms. The van der Waals surface area contributed by atoms with Gasteiger partial charge in [0.15, 0.2) is 11.5 Å². The number of rotatable bonds is 13. The van der Waals surface area contributed by atoms with Crippen LogP contribution in [0.3, 0.4) is 0 Å².